The van der Waals surface area contributed by atoms with Crippen LogP contribution in [0, 0.1) is 23.2 Å². The van der Waals surface area contributed by atoms with Crippen molar-refractivity contribution in [2.75, 3.05) is 0 Å². The standard InChI is InChI=1S/C16H16N2O2/c17-9-11-4-3-5-12(8-11)10-18-15(19)13-6-1-2-7-14(13)16(18)20/h3-5,8,13-14H,1-2,6-7,10H2. The number of likely N-dealkylation sites (tertiary alicyclic amines) is 1. The minimum absolute atomic E-state index is 0.0259. The van der Waals surface area contributed by atoms with Crippen LogP contribution in [0.3, 0.4) is 0 Å². The quantitative estimate of drug-likeness (QED) is 0.773. The predicted octanol–water partition coefficient (Wildman–Crippen LogP) is 2.23. The van der Waals surface area contributed by atoms with Gasteiger partial charge in [-0.05, 0) is 30.5 Å². The molecule has 1 aliphatic heterocycles. The third kappa shape index (κ3) is 2.09. The van der Waals surface area contributed by atoms with Crippen LogP contribution < -0.4 is 0 Å². The van der Waals surface area contributed by atoms with Gasteiger partial charge in [-0.1, -0.05) is 25.0 Å². The Labute approximate surface area is 118 Å². The molecule has 2 aliphatic rings. The fourth-order valence-electron chi connectivity index (χ4n) is 3.31. The SMILES string of the molecule is N#Cc1cccc(CN2C(=O)C3CCCCC3C2=O)c1. The first-order chi connectivity index (χ1) is 9.70. The van der Waals surface area contributed by atoms with E-state index < -0.39 is 0 Å². The number of rotatable bonds is 2. The van der Waals surface area contributed by atoms with Crippen molar-refractivity contribution in [3.05, 3.63) is 35.4 Å². The highest BCUT2D eigenvalue weighted by atomic mass is 16.2. The van der Waals surface area contributed by atoms with Gasteiger partial charge in [-0.3, -0.25) is 14.5 Å². The van der Waals surface area contributed by atoms with Crippen LogP contribution >= 0.6 is 0 Å². The monoisotopic (exact) mass is 268 g/mol. The molecule has 2 fully saturated rings. The van der Waals surface area contributed by atoms with Gasteiger partial charge in [0.15, 0.2) is 0 Å². The number of carbonyl (C=O) groups excluding carboxylic acids is 2. The van der Waals surface area contributed by atoms with Crippen molar-refractivity contribution in [2.45, 2.75) is 32.2 Å². The molecule has 2 amide bonds. The number of imide groups is 1. The average molecular weight is 268 g/mol. The number of amides is 2. The van der Waals surface area contributed by atoms with Gasteiger partial charge in [0.1, 0.15) is 0 Å². The molecule has 0 radical (unpaired) electrons. The Morgan fingerprint density at radius 2 is 1.80 bits per heavy atom. The minimum atomic E-state index is -0.101. The number of nitriles is 1. The molecule has 4 nitrogen and oxygen atoms in total. The van der Waals surface area contributed by atoms with E-state index in [1.54, 1.807) is 18.2 Å². The normalized spacial score (nSPS) is 25.4. The minimum Gasteiger partial charge on any atom is -0.278 e. The number of hydrogen-bond acceptors (Lipinski definition) is 3. The van der Waals surface area contributed by atoms with Crippen molar-refractivity contribution >= 4 is 11.8 Å². The molecule has 0 aromatic heterocycles. The molecule has 0 bridgehead atoms. The Balaban J connectivity index is 1.82. The third-order valence-electron chi connectivity index (χ3n) is 4.33. The molecule has 4 heteroatoms. The molecule has 1 aromatic carbocycles. The molecule has 102 valence electrons. The summed E-state index contributed by atoms with van der Waals surface area (Å²) in [5, 5.41) is 8.90. The van der Waals surface area contributed by atoms with Gasteiger partial charge in [-0.25, -0.2) is 0 Å². The highest BCUT2D eigenvalue weighted by Gasteiger charge is 2.47. The first kappa shape index (κ1) is 12.9. The first-order valence-corrected chi connectivity index (χ1v) is 7.05. The van der Waals surface area contributed by atoms with Gasteiger partial charge >= 0.3 is 0 Å². The van der Waals surface area contributed by atoms with Crippen LogP contribution in [0.25, 0.3) is 0 Å². The molecular formula is C16H16N2O2. The Hall–Kier alpha value is -2.15. The van der Waals surface area contributed by atoms with Crippen molar-refractivity contribution in [3.63, 3.8) is 0 Å². The van der Waals surface area contributed by atoms with Gasteiger partial charge in [0.05, 0.1) is 30.0 Å². The van der Waals surface area contributed by atoms with E-state index in [-0.39, 0.29) is 23.7 Å². The van der Waals surface area contributed by atoms with Gasteiger partial charge < -0.3 is 0 Å². The summed E-state index contributed by atoms with van der Waals surface area (Å²) in [6.45, 7) is 0.292. The molecular weight excluding hydrogens is 252 g/mol. The zero-order valence-electron chi connectivity index (χ0n) is 11.2. The summed E-state index contributed by atoms with van der Waals surface area (Å²) in [7, 11) is 0. The third-order valence-corrected chi connectivity index (χ3v) is 4.33. The van der Waals surface area contributed by atoms with Gasteiger partial charge in [0.25, 0.3) is 0 Å². The maximum Gasteiger partial charge on any atom is 0.233 e. The molecule has 1 saturated heterocycles. The van der Waals surface area contributed by atoms with Crippen LogP contribution in [0.1, 0.15) is 36.8 Å². The Morgan fingerprint density at radius 1 is 1.15 bits per heavy atom. The lowest BCUT2D eigenvalue weighted by molar-refractivity contribution is -0.140. The average Bonchev–Trinajstić information content (AvgIpc) is 2.73. The number of carbonyl (C=O) groups is 2. The maximum atomic E-state index is 12.3. The molecule has 3 rings (SSSR count). The fraction of sp³-hybridized carbons (Fsp3) is 0.438. The first-order valence-electron chi connectivity index (χ1n) is 7.05. The van der Waals surface area contributed by atoms with Crippen molar-refractivity contribution < 1.29 is 9.59 Å². The zero-order valence-corrected chi connectivity index (χ0v) is 11.2. The number of hydrogen-bond donors (Lipinski definition) is 0. The van der Waals surface area contributed by atoms with Gasteiger partial charge in [-0.2, -0.15) is 5.26 Å². The van der Waals surface area contributed by atoms with Crippen LogP contribution in [0.2, 0.25) is 0 Å². The topological polar surface area (TPSA) is 61.2 Å². The van der Waals surface area contributed by atoms with Crippen molar-refractivity contribution in [3.8, 4) is 6.07 Å². The molecule has 0 spiro atoms. The maximum absolute atomic E-state index is 12.3. The molecule has 1 aliphatic carbocycles. The summed E-state index contributed by atoms with van der Waals surface area (Å²) in [5.41, 5.74) is 1.39. The second-order valence-electron chi connectivity index (χ2n) is 5.57. The Kier molecular flexibility index (Phi) is 3.27. The smallest absolute Gasteiger partial charge is 0.233 e. The molecule has 2 atom stereocenters. The summed E-state index contributed by atoms with van der Waals surface area (Å²) < 4.78 is 0. The molecule has 1 heterocycles. The van der Waals surface area contributed by atoms with E-state index in [4.69, 9.17) is 5.26 Å². The van der Waals surface area contributed by atoms with Crippen LogP contribution in [0.4, 0.5) is 0 Å². The lowest BCUT2D eigenvalue weighted by Gasteiger charge is -2.19. The molecule has 1 saturated carbocycles. The predicted molar refractivity (Wildman–Crippen MR) is 72.2 cm³/mol. The second kappa shape index (κ2) is 5.09. The molecule has 0 N–H and O–H groups in total. The summed E-state index contributed by atoms with van der Waals surface area (Å²) >= 11 is 0. The van der Waals surface area contributed by atoms with Crippen LogP contribution in [0.15, 0.2) is 24.3 Å². The fourth-order valence-corrected chi connectivity index (χ4v) is 3.31. The van der Waals surface area contributed by atoms with E-state index >= 15 is 0 Å². The van der Waals surface area contributed by atoms with Crippen molar-refractivity contribution in [1.82, 2.24) is 4.90 Å². The van der Waals surface area contributed by atoms with E-state index in [2.05, 4.69) is 6.07 Å². The molecule has 2 unspecified atom stereocenters. The van der Waals surface area contributed by atoms with Gasteiger partial charge in [0, 0.05) is 0 Å². The van der Waals surface area contributed by atoms with Crippen molar-refractivity contribution in [2.24, 2.45) is 11.8 Å². The zero-order chi connectivity index (χ0) is 14.1. The second-order valence-corrected chi connectivity index (χ2v) is 5.57. The summed E-state index contributed by atoms with van der Waals surface area (Å²) in [6.07, 6.45) is 3.75. The molecule has 20 heavy (non-hydrogen) atoms. The lowest BCUT2D eigenvalue weighted by Crippen LogP contribution is -2.30. The van der Waals surface area contributed by atoms with Crippen LogP contribution in [-0.4, -0.2) is 16.7 Å². The Morgan fingerprint density at radius 3 is 2.40 bits per heavy atom. The summed E-state index contributed by atoms with van der Waals surface area (Å²) in [6, 6.07) is 9.17. The molecule has 1 aromatic rings. The number of fused-ring (bicyclic) bond motifs is 1. The largest absolute Gasteiger partial charge is 0.278 e. The van der Waals surface area contributed by atoms with E-state index in [0.717, 1.165) is 31.2 Å². The Bertz CT molecular complexity index is 579. The van der Waals surface area contributed by atoms with E-state index in [1.807, 2.05) is 6.07 Å². The van der Waals surface area contributed by atoms with E-state index in [0.29, 0.717) is 12.1 Å². The number of nitrogens with zero attached hydrogens (tertiary/aromatic N) is 2. The van der Waals surface area contributed by atoms with Crippen LogP contribution in [-0.2, 0) is 16.1 Å². The van der Waals surface area contributed by atoms with Gasteiger partial charge in [0.2, 0.25) is 11.8 Å². The van der Waals surface area contributed by atoms with Crippen LogP contribution in [0.5, 0.6) is 0 Å². The van der Waals surface area contributed by atoms with Crippen molar-refractivity contribution in [1.29, 1.82) is 5.26 Å². The van der Waals surface area contributed by atoms with Gasteiger partial charge in [-0.15, -0.1) is 0 Å². The van der Waals surface area contributed by atoms with E-state index in [1.165, 1.54) is 4.90 Å². The van der Waals surface area contributed by atoms with E-state index in [9.17, 15) is 9.59 Å². The lowest BCUT2D eigenvalue weighted by atomic mass is 9.81. The summed E-state index contributed by atoms with van der Waals surface area (Å²) in [5.74, 6) is -0.255. The number of benzene rings is 1. The highest BCUT2D eigenvalue weighted by molar-refractivity contribution is 6.05. The summed E-state index contributed by atoms with van der Waals surface area (Å²) in [4.78, 5) is 26.1. The highest BCUT2D eigenvalue weighted by Crippen LogP contribution is 2.38.